The van der Waals surface area contributed by atoms with Gasteiger partial charge in [0.25, 0.3) is 0 Å². The molecule has 2 rings (SSSR count). The molecule has 2 aromatic rings. The third kappa shape index (κ3) is 3.10. The average molecular weight is 299 g/mol. The normalized spacial score (nSPS) is 10.1. The summed E-state index contributed by atoms with van der Waals surface area (Å²) in [5, 5.41) is 1.02. The molecule has 6 heteroatoms. The monoisotopic (exact) mass is 298 g/mol. The van der Waals surface area contributed by atoms with E-state index in [1.165, 1.54) is 6.20 Å². The van der Waals surface area contributed by atoms with Gasteiger partial charge < -0.3 is 10.5 Å². The van der Waals surface area contributed by atoms with Gasteiger partial charge in [0.05, 0.1) is 16.8 Å². The number of ether oxygens (including phenoxy) is 1. The molecule has 92 valence electrons. The van der Waals surface area contributed by atoms with E-state index < -0.39 is 0 Å². The first-order valence-corrected chi connectivity index (χ1v) is 6.10. The second kappa shape index (κ2) is 5.52. The van der Waals surface area contributed by atoms with Crippen molar-refractivity contribution < 1.29 is 4.74 Å². The molecule has 0 amide bonds. The van der Waals surface area contributed by atoms with Gasteiger partial charge in [-0.2, -0.15) is 0 Å². The van der Waals surface area contributed by atoms with Crippen molar-refractivity contribution in [3.63, 3.8) is 0 Å². The van der Waals surface area contributed by atoms with Gasteiger partial charge in [0.1, 0.15) is 16.5 Å². The maximum absolute atomic E-state index is 5.88. The number of aromatic nitrogens is 1. The van der Waals surface area contributed by atoms with Crippen molar-refractivity contribution in [2.75, 3.05) is 0 Å². The van der Waals surface area contributed by atoms with Gasteiger partial charge in [0, 0.05) is 17.3 Å². The zero-order valence-corrected chi connectivity index (χ0v) is 11.4. The van der Waals surface area contributed by atoms with Gasteiger partial charge in [-0.15, -0.1) is 0 Å². The molecule has 0 saturated carbocycles. The predicted octanol–water partition coefficient (Wildman–Crippen LogP) is 3.81. The highest BCUT2D eigenvalue weighted by Gasteiger charge is 2.09. The fourth-order valence-corrected chi connectivity index (χ4v) is 1.85. The lowest BCUT2D eigenvalue weighted by Crippen LogP contribution is -2.10. The van der Waals surface area contributed by atoms with E-state index in [4.69, 9.17) is 45.9 Å². The summed E-state index contributed by atoms with van der Waals surface area (Å²) < 4.78 is 5.63. The van der Waals surface area contributed by atoms with E-state index in [1.54, 1.807) is 30.5 Å². The highest BCUT2D eigenvalue weighted by Crippen LogP contribution is 2.28. The van der Waals surface area contributed by atoms with Crippen LogP contribution in [0.1, 0.15) is 5.56 Å². The predicted molar refractivity (Wildman–Crippen MR) is 76.7 cm³/mol. The second-order valence-electron chi connectivity index (χ2n) is 3.45. The van der Waals surface area contributed by atoms with Crippen LogP contribution in [-0.4, -0.2) is 9.97 Å². The van der Waals surface area contributed by atoms with Crippen LogP contribution < -0.4 is 10.5 Å². The minimum atomic E-state index is 0.211. The summed E-state index contributed by atoms with van der Waals surface area (Å²) in [6, 6.07) is 6.68. The molecule has 1 aromatic carbocycles. The molecule has 0 aliphatic rings. The second-order valence-corrected chi connectivity index (χ2v) is 4.76. The summed E-state index contributed by atoms with van der Waals surface area (Å²) in [4.78, 5) is 4.14. The van der Waals surface area contributed by atoms with Crippen LogP contribution in [0.5, 0.6) is 11.5 Å². The topological polar surface area (TPSA) is 48.1 Å². The Bertz CT molecular complexity index is 604. The van der Waals surface area contributed by atoms with Gasteiger partial charge in [-0.1, -0.05) is 35.4 Å². The minimum absolute atomic E-state index is 0.211. The van der Waals surface area contributed by atoms with Crippen molar-refractivity contribution in [1.82, 2.24) is 4.98 Å². The van der Waals surface area contributed by atoms with Crippen LogP contribution in [0.4, 0.5) is 0 Å². The van der Waals surface area contributed by atoms with Crippen molar-refractivity contribution in [1.29, 1.82) is 0 Å². The molecule has 0 saturated heterocycles. The third-order valence-corrected chi connectivity index (χ3v) is 2.78. The lowest BCUT2D eigenvalue weighted by Gasteiger charge is -2.10. The van der Waals surface area contributed by atoms with Crippen LogP contribution in [-0.2, 0) is 0 Å². The fourth-order valence-electron chi connectivity index (χ4n) is 1.36. The number of benzene rings is 1. The van der Waals surface area contributed by atoms with Gasteiger partial charge in [-0.05, 0) is 18.2 Å². The van der Waals surface area contributed by atoms with Crippen LogP contribution in [0.2, 0.25) is 10.0 Å². The Morgan fingerprint density at radius 2 is 1.94 bits per heavy atom. The first-order valence-electron chi connectivity index (χ1n) is 4.94. The van der Waals surface area contributed by atoms with E-state index in [-0.39, 0.29) is 4.99 Å². The van der Waals surface area contributed by atoms with E-state index in [0.29, 0.717) is 27.1 Å². The van der Waals surface area contributed by atoms with Crippen LogP contribution in [0.15, 0.2) is 36.7 Å². The van der Waals surface area contributed by atoms with Gasteiger partial charge in [0.2, 0.25) is 0 Å². The summed E-state index contributed by atoms with van der Waals surface area (Å²) in [5.74, 6) is 1.01. The first-order chi connectivity index (χ1) is 8.56. The number of thiocarbonyl (C=S) groups is 1. The number of hydrogen-bond donors (Lipinski definition) is 1. The highest BCUT2D eigenvalue weighted by atomic mass is 35.5. The molecule has 1 heterocycles. The molecule has 2 N–H and O–H groups in total. The fraction of sp³-hybridized carbons (Fsp3) is 0. The third-order valence-electron chi connectivity index (χ3n) is 2.11. The Labute approximate surface area is 119 Å². The molecule has 0 bridgehead atoms. The number of nitrogens with zero attached hydrogens (tertiary/aromatic N) is 1. The SMILES string of the molecule is NC(=S)c1cc(Cl)ccc1Oc1cncc(Cl)c1. The Kier molecular flexibility index (Phi) is 4.01. The van der Waals surface area contributed by atoms with E-state index >= 15 is 0 Å². The van der Waals surface area contributed by atoms with Crippen LogP contribution in [0, 0.1) is 0 Å². The molecule has 0 aliphatic carbocycles. The number of pyridine rings is 1. The number of rotatable bonds is 3. The molecule has 0 spiro atoms. The molecule has 18 heavy (non-hydrogen) atoms. The number of halogens is 2. The summed E-state index contributed by atoms with van der Waals surface area (Å²) >= 11 is 16.7. The quantitative estimate of drug-likeness (QED) is 0.875. The summed E-state index contributed by atoms with van der Waals surface area (Å²) in [6.07, 6.45) is 3.06. The van der Waals surface area contributed by atoms with Crippen molar-refractivity contribution in [3.05, 3.63) is 52.3 Å². The van der Waals surface area contributed by atoms with Crippen LogP contribution in [0.25, 0.3) is 0 Å². The number of hydrogen-bond acceptors (Lipinski definition) is 3. The smallest absolute Gasteiger partial charge is 0.147 e. The first kappa shape index (κ1) is 13.1. The lowest BCUT2D eigenvalue weighted by molar-refractivity contribution is 0.479. The molecule has 0 aliphatic heterocycles. The number of nitrogens with two attached hydrogens (primary N) is 1. The molecule has 3 nitrogen and oxygen atoms in total. The zero-order valence-electron chi connectivity index (χ0n) is 9.06. The Morgan fingerprint density at radius 3 is 2.61 bits per heavy atom. The maximum Gasteiger partial charge on any atom is 0.147 e. The Hall–Kier alpha value is -1.36. The van der Waals surface area contributed by atoms with E-state index in [2.05, 4.69) is 4.98 Å². The summed E-state index contributed by atoms with van der Waals surface area (Å²) in [6.45, 7) is 0. The molecule has 0 atom stereocenters. The van der Waals surface area contributed by atoms with Crippen LogP contribution in [0.3, 0.4) is 0 Å². The zero-order chi connectivity index (χ0) is 13.1. The molecule has 1 aromatic heterocycles. The molecule has 0 fully saturated rings. The van der Waals surface area contributed by atoms with Gasteiger partial charge in [-0.3, -0.25) is 4.98 Å². The van der Waals surface area contributed by atoms with Crippen LogP contribution >= 0.6 is 35.4 Å². The van der Waals surface area contributed by atoms with Crippen molar-refractivity contribution in [2.24, 2.45) is 5.73 Å². The van der Waals surface area contributed by atoms with Gasteiger partial charge in [-0.25, -0.2) is 0 Å². The summed E-state index contributed by atoms with van der Waals surface area (Å²) in [5.41, 5.74) is 6.19. The Morgan fingerprint density at radius 1 is 1.17 bits per heavy atom. The van der Waals surface area contributed by atoms with Crippen molar-refractivity contribution in [3.8, 4) is 11.5 Å². The van der Waals surface area contributed by atoms with Crippen molar-refractivity contribution >= 4 is 40.4 Å². The molecular formula is C12H8Cl2N2OS. The molecule has 0 unspecified atom stereocenters. The standard InChI is InChI=1S/C12H8Cl2N2OS/c13-7-1-2-11(10(4-7)12(15)18)17-9-3-8(14)5-16-6-9/h1-6H,(H2,15,18). The summed E-state index contributed by atoms with van der Waals surface area (Å²) in [7, 11) is 0. The van der Waals surface area contributed by atoms with Gasteiger partial charge in [0.15, 0.2) is 0 Å². The minimum Gasteiger partial charge on any atom is -0.455 e. The maximum atomic E-state index is 5.88. The van der Waals surface area contributed by atoms with E-state index in [9.17, 15) is 0 Å². The Balaban J connectivity index is 2.37. The highest BCUT2D eigenvalue weighted by molar-refractivity contribution is 7.80. The van der Waals surface area contributed by atoms with E-state index in [0.717, 1.165) is 0 Å². The lowest BCUT2D eigenvalue weighted by atomic mass is 10.2. The molecular weight excluding hydrogens is 291 g/mol. The largest absolute Gasteiger partial charge is 0.455 e. The molecule has 0 radical (unpaired) electrons. The van der Waals surface area contributed by atoms with Gasteiger partial charge >= 0.3 is 0 Å². The average Bonchev–Trinajstić information content (AvgIpc) is 2.31. The van der Waals surface area contributed by atoms with E-state index in [1.807, 2.05) is 0 Å². The van der Waals surface area contributed by atoms with Crippen molar-refractivity contribution in [2.45, 2.75) is 0 Å².